The predicted octanol–water partition coefficient (Wildman–Crippen LogP) is 3.39. The Kier molecular flexibility index (Phi) is 6.95. The van der Waals surface area contributed by atoms with Crippen molar-refractivity contribution in [3.8, 4) is 5.75 Å². The van der Waals surface area contributed by atoms with Crippen molar-refractivity contribution in [2.24, 2.45) is 11.7 Å². The first-order valence-corrected chi connectivity index (χ1v) is 8.43. The zero-order valence-corrected chi connectivity index (χ0v) is 14.7. The Morgan fingerprint density at radius 2 is 1.80 bits per heavy atom. The molecule has 2 rings (SSSR count). The van der Waals surface area contributed by atoms with E-state index in [0.29, 0.717) is 25.3 Å². The third-order valence-corrected chi connectivity index (χ3v) is 4.21. The van der Waals surface area contributed by atoms with Crippen LogP contribution in [0.5, 0.6) is 5.75 Å². The van der Waals surface area contributed by atoms with Crippen LogP contribution in [0.2, 0.25) is 0 Å². The molecule has 1 amide bonds. The number of amides is 1. The van der Waals surface area contributed by atoms with E-state index >= 15 is 0 Å². The Morgan fingerprint density at radius 3 is 2.44 bits per heavy atom. The molecule has 0 fully saturated rings. The van der Waals surface area contributed by atoms with Gasteiger partial charge in [-0.05, 0) is 36.2 Å². The molecule has 0 heterocycles. The molecule has 2 N–H and O–H groups in total. The average Bonchev–Trinajstić information content (AvgIpc) is 2.65. The van der Waals surface area contributed by atoms with Gasteiger partial charge >= 0.3 is 0 Å². The van der Waals surface area contributed by atoms with E-state index in [1.165, 1.54) is 12.1 Å². The predicted molar refractivity (Wildman–Crippen MR) is 96.7 cm³/mol. The van der Waals surface area contributed by atoms with Crippen LogP contribution in [0, 0.1) is 11.7 Å². The minimum Gasteiger partial charge on any atom is -0.494 e. The molecule has 0 radical (unpaired) electrons. The molecular formula is C20H25FN2O2. The van der Waals surface area contributed by atoms with Gasteiger partial charge in [0.25, 0.3) is 0 Å². The molecule has 2 aromatic carbocycles. The lowest BCUT2D eigenvalue weighted by Gasteiger charge is -2.25. The second-order valence-electron chi connectivity index (χ2n) is 6.14. The average molecular weight is 344 g/mol. The van der Waals surface area contributed by atoms with E-state index in [1.807, 2.05) is 37.3 Å². The molecule has 2 atom stereocenters. The largest absolute Gasteiger partial charge is 0.494 e. The van der Waals surface area contributed by atoms with E-state index in [0.717, 1.165) is 5.56 Å². The molecule has 0 aliphatic heterocycles. The van der Waals surface area contributed by atoms with Crippen LogP contribution >= 0.6 is 0 Å². The van der Waals surface area contributed by atoms with Gasteiger partial charge in [0.05, 0.1) is 12.5 Å². The van der Waals surface area contributed by atoms with Gasteiger partial charge in [-0.15, -0.1) is 0 Å². The van der Waals surface area contributed by atoms with Gasteiger partial charge in [0.15, 0.2) is 0 Å². The molecule has 0 spiro atoms. The molecule has 0 aliphatic carbocycles. The normalized spacial score (nSPS) is 13.1. The summed E-state index contributed by atoms with van der Waals surface area (Å²) in [5.74, 6) is 0.0415. The summed E-state index contributed by atoms with van der Waals surface area (Å²) >= 11 is 0. The zero-order chi connectivity index (χ0) is 18.2. The molecule has 0 saturated carbocycles. The maximum absolute atomic E-state index is 12.8. The van der Waals surface area contributed by atoms with Gasteiger partial charge in [0.1, 0.15) is 11.6 Å². The monoisotopic (exact) mass is 344 g/mol. The van der Waals surface area contributed by atoms with E-state index in [1.54, 1.807) is 24.1 Å². The van der Waals surface area contributed by atoms with Gasteiger partial charge < -0.3 is 15.4 Å². The summed E-state index contributed by atoms with van der Waals surface area (Å²) in [6.07, 6.45) is 0.687. The third-order valence-electron chi connectivity index (χ3n) is 4.21. The van der Waals surface area contributed by atoms with Crippen LogP contribution in [0.4, 0.5) is 4.39 Å². The molecular weight excluding hydrogens is 319 g/mol. The summed E-state index contributed by atoms with van der Waals surface area (Å²) in [4.78, 5) is 14.2. The van der Waals surface area contributed by atoms with Crippen molar-refractivity contribution >= 4 is 5.91 Å². The fourth-order valence-electron chi connectivity index (χ4n) is 2.60. The molecule has 0 aliphatic rings. The Labute approximate surface area is 148 Å². The number of benzene rings is 2. The molecule has 5 heteroatoms. The SMILES string of the molecule is CC(C(=O)N(C)CCCOc1ccc(F)cc1)C(N)c1ccccc1. The second-order valence-corrected chi connectivity index (χ2v) is 6.14. The fraction of sp³-hybridized carbons (Fsp3) is 0.350. The van der Waals surface area contributed by atoms with Crippen LogP contribution in [0.3, 0.4) is 0 Å². The third kappa shape index (κ3) is 5.57. The topological polar surface area (TPSA) is 55.6 Å². The number of nitrogens with zero attached hydrogens (tertiary/aromatic N) is 1. The number of carbonyl (C=O) groups is 1. The molecule has 2 aromatic rings. The van der Waals surface area contributed by atoms with Crippen LogP contribution in [0.1, 0.15) is 24.9 Å². The van der Waals surface area contributed by atoms with Gasteiger partial charge in [-0.3, -0.25) is 4.79 Å². The number of halogens is 1. The molecule has 0 bridgehead atoms. The van der Waals surface area contributed by atoms with Crippen molar-refractivity contribution in [1.29, 1.82) is 0 Å². The molecule has 0 saturated heterocycles. The summed E-state index contributed by atoms with van der Waals surface area (Å²) in [5, 5.41) is 0. The summed E-state index contributed by atoms with van der Waals surface area (Å²) in [7, 11) is 1.77. The van der Waals surface area contributed by atoms with E-state index in [-0.39, 0.29) is 23.7 Å². The van der Waals surface area contributed by atoms with E-state index in [9.17, 15) is 9.18 Å². The van der Waals surface area contributed by atoms with Crippen molar-refractivity contribution in [2.45, 2.75) is 19.4 Å². The van der Waals surface area contributed by atoms with Crippen LogP contribution in [-0.2, 0) is 4.79 Å². The highest BCUT2D eigenvalue weighted by Gasteiger charge is 2.24. The number of carbonyl (C=O) groups excluding carboxylic acids is 1. The van der Waals surface area contributed by atoms with Gasteiger partial charge in [0, 0.05) is 19.6 Å². The number of rotatable bonds is 8. The van der Waals surface area contributed by atoms with Crippen molar-refractivity contribution in [2.75, 3.05) is 20.2 Å². The zero-order valence-electron chi connectivity index (χ0n) is 14.7. The smallest absolute Gasteiger partial charge is 0.227 e. The van der Waals surface area contributed by atoms with Crippen molar-refractivity contribution < 1.29 is 13.9 Å². The summed E-state index contributed by atoms with van der Waals surface area (Å²) in [6, 6.07) is 15.2. The van der Waals surface area contributed by atoms with Crippen molar-refractivity contribution in [3.05, 3.63) is 66.0 Å². The summed E-state index contributed by atoms with van der Waals surface area (Å²) < 4.78 is 18.4. The molecule has 2 unspecified atom stereocenters. The van der Waals surface area contributed by atoms with Gasteiger partial charge in [-0.1, -0.05) is 37.3 Å². The van der Waals surface area contributed by atoms with Crippen molar-refractivity contribution in [3.63, 3.8) is 0 Å². The van der Waals surface area contributed by atoms with Crippen LogP contribution in [-0.4, -0.2) is 31.0 Å². The molecule has 134 valence electrons. The van der Waals surface area contributed by atoms with Gasteiger partial charge in [0.2, 0.25) is 5.91 Å². The lowest BCUT2D eigenvalue weighted by atomic mass is 9.94. The minimum absolute atomic E-state index is 0.0122. The van der Waals surface area contributed by atoms with Crippen molar-refractivity contribution in [1.82, 2.24) is 4.90 Å². The maximum atomic E-state index is 12.8. The first kappa shape index (κ1) is 18.9. The van der Waals surface area contributed by atoms with Gasteiger partial charge in [-0.2, -0.15) is 0 Å². The van der Waals surface area contributed by atoms with E-state index < -0.39 is 0 Å². The van der Waals surface area contributed by atoms with Crippen LogP contribution in [0.25, 0.3) is 0 Å². The highest BCUT2D eigenvalue weighted by Crippen LogP contribution is 2.20. The second kappa shape index (κ2) is 9.18. The highest BCUT2D eigenvalue weighted by molar-refractivity contribution is 5.79. The number of nitrogens with two attached hydrogens (primary N) is 1. The minimum atomic E-state index is -0.327. The molecule has 4 nitrogen and oxygen atoms in total. The quantitative estimate of drug-likeness (QED) is 0.747. The van der Waals surface area contributed by atoms with Gasteiger partial charge in [-0.25, -0.2) is 4.39 Å². The maximum Gasteiger partial charge on any atom is 0.227 e. The van der Waals surface area contributed by atoms with Crippen LogP contribution in [0.15, 0.2) is 54.6 Å². The Hall–Kier alpha value is -2.40. The Balaban J connectivity index is 1.76. The number of hydrogen-bond acceptors (Lipinski definition) is 3. The van der Waals surface area contributed by atoms with E-state index in [4.69, 9.17) is 10.5 Å². The first-order valence-electron chi connectivity index (χ1n) is 8.43. The summed E-state index contributed by atoms with van der Waals surface area (Å²) in [5.41, 5.74) is 7.17. The highest BCUT2D eigenvalue weighted by atomic mass is 19.1. The van der Waals surface area contributed by atoms with Crippen LogP contribution < -0.4 is 10.5 Å². The fourth-order valence-corrected chi connectivity index (χ4v) is 2.60. The van der Waals surface area contributed by atoms with E-state index in [2.05, 4.69) is 0 Å². The lowest BCUT2D eigenvalue weighted by Crippen LogP contribution is -2.37. The molecule has 0 aromatic heterocycles. The lowest BCUT2D eigenvalue weighted by molar-refractivity contribution is -0.134. The Morgan fingerprint density at radius 1 is 1.16 bits per heavy atom. The number of ether oxygens (including phenoxy) is 1. The molecule has 25 heavy (non-hydrogen) atoms. The first-order chi connectivity index (χ1) is 12.0. The Bertz CT molecular complexity index is 661. The standard InChI is InChI=1S/C20H25FN2O2/c1-15(19(22)16-7-4-3-5-8-16)20(24)23(2)13-6-14-25-18-11-9-17(21)10-12-18/h3-5,7-12,15,19H,6,13-14,22H2,1-2H3. The summed E-state index contributed by atoms with van der Waals surface area (Å²) in [6.45, 7) is 2.89. The number of hydrogen-bond donors (Lipinski definition) is 1.